The number of benzene rings is 1. The van der Waals surface area contributed by atoms with Crippen molar-refractivity contribution in [3.63, 3.8) is 0 Å². The predicted molar refractivity (Wildman–Crippen MR) is 76.2 cm³/mol. The molecule has 0 aliphatic heterocycles. The number of aromatic nitrogens is 2. The SMILES string of the molecule is CCn1c(S[C@@H](C)C(N)=O)nc2ccccc2c1=O. The van der Waals surface area contributed by atoms with E-state index in [1.165, 1.54) is 11.8 Å². The maximum Gasteiger partial charge on any atom is 0.262 e. The van der Waals surface area contributed by atoms with E-state index in [1.807, 2.05) is 19.1 Å². The van der Waals surface area contributed by atoms with Crippen molar-refractivity contribution in [2.45, 2.75) is 30.8 Å². The molecule has 1 amide bonds. The summed E-state index contributed by atoms with van der Waals surface area (Å²) < 4.78 is 1.56. The molecule has 19 heavy (non-hydrogen) atoms. The van der Waals surface area contributed by atoms with Crippen molar-refractivity contribution >= 4 is 28.6 Å². The molecule has 1 aromatic heterocycles. The van der Waals surface area contributed by atoms with E-state index >= 15 is 0 Å². The molecule has 0 radical (unpaired) electrons. The van der Waals surface area contributed by atoms with Crippen molar-refractivity contribution in [2.75, 3.05) is 0 Å². The Balaban J connectivity index is 2.60. The molecule has 2 N–H and O–H groups in total. The Morgan fingerprint density at radius 1 is 1.47 bits per heavy atom. The summed E-state index contributed by atoms with van der Waals surface area (Å²) in [5.41, 5.74) is 5.80. The standard InChI is InChI=1S/C13H15N3O2S/c1-3-16-12(18)9-6-4-5-7-10(9)15-13(16)19-8(2)11(14)17/h4-8H,3H2,1-2H3,(H2,14,17)/t8-/m0/s1. The summed E-state index contributed by atoms with van der Waals surface area (Å²) in [6.45, 7) is 4.08. The second kappa shape index (κ2) is 5.44. The molecule has 0 fully saturated rings. The molecule has 0 aliphatic rings. The molecule has 0 spiro atoms. The van der Waals surface area contributed by atoms with Gasteiger partial charge in [-0.15, -0.1) is 0 Å². The maximum atomic E-state index is 12.3. The minimum absolute atomic E-state index is 0.0905. The number of amides is 1. The average molecular weight is 277 g/mol. The Kier molecular flexibility index (Phi) is 3.90. The molecule has 0 saturated carbocycles. The summed E-state index contributed by atoms with van der Waals surface area (Å²) in [4.78, 5) is 27.9. The Labute approximate surface area is 114 Å². The van der Waals surface area contributed by atoms with Crippen molar-refractivity contribution in [1.82, 2.24) is 9.55 Å². The maximum absolute atomic E-state index is 12.3. The zero-order valence-corrected chi connectivity index (χ0v) is 11.6. The van der Waals surface area contributed by atoms with Crippen LogP contribution in [0.2, 0.25) is 0 Å². The van der Waals surface area contributed by atoms with Crippen molar-refractivity contribution < 1.29 is 4.79 Å². The molecule has 0 unspecified atom stereocenters. The molecule has 0 bridgehead atoms. The number of rotatable bonds is 4. The van der Waals surface area contributed by atoms with Gasteiger partial charge in [-0.05, 0) is 26.0 Å². The van der Waals surface area contributed by atoms with Crippen LogP contribution in [0.4, 0.5) is 0 Å². The Hall–Kier alpha value is -1.82. The smallest absolute Gasteiger partial charge is 0.262 e. The van der Waals surface area contributed by atoms with Crippen molar-refractivity contribution in [2.24, 2.45) is 5.73 Å². The normalized spacial score (nSPS) is 12.5. The van der Waals surface area contributed by atoms with Gasteiger partial charge in [-0.25, -0.2) is 4.98 Å². The van der Waals surface area contributed by atoms with Crippen molar-refractivity contribution in [1.29, 1.82) is 0 Å². The summed E-state index contributed by atoms with van der Waals surface area (Å²) in [5.74, 6) is -0.421. The highest BCUT2D eigenvalue weighted by Crippen LogP contribution is 2.22. The lowest BCUT2D eigenvalue weighted by molar-refractivity contribution is -0.117. The summed E-state index contributed by atoms with van der Waals surface area (Å²) in [6, 6.07) is 7.18. The molecule has 2 rings (SSSR count). The van der Waals surface area contributed by atoms with E-state index in [2.05, 4.69) is 4.98 Å². The summed E-state index contributed by atoms with van der Waals surface area (Å²) in [5, 5.41) is 0.684. The van der Waals surface area contributed by atoms with Crippen LogP contribution >= 0.6 is 11.8 Å². The van der Waals surface area contributed by atoms with Crippen molar-refractivity contribution in [3.8, 4) is 0 Å². The van der Waals surface area contributed by atoms with Crippen LogP contribution in [0.1, 0.15) is 13.8 Å². The molecular formula is C13H15N3O2S. The van der Waals surface area contributed by atoms with Gasteiger partial charge in [-0.1, -0.05) is 23.9 Å². The van der Waals surface area contributed by atoms with Gasteiger partial charge in [0.1, 0.15) is 0 Å². The van der Waals surface area contributed by atoms with Crippen LogP contribution in [-0.2, 0) is 11.3 Å². The Morgan fingerprint density at radius 3 is 2.79 bits per heavy atom. The summed E-state index contributed by atoms with van der Waals surface area (Å²) in [7, 11) is 0. The second-order valence-corrected chi connectivity index (χ2v) is 5.43. The number of primary amides is 1. The van der Waals surface area contributed by atoms with Crippen LogP contribution in [0, 0.1) is 0 Å². The minimum atomic E-state index is -0.425. The van der Waals surface area contributed by atoms with Gasteiger partial charge in [-0.2, -0.15) is 0 Å². The third-order valence-corrected chi connectivity index (χ3v) is 3.93. The molecule has 5 nitrogen and oxygen atoms in total. The van der Waals surface area contributed by atoms with Gasteiger partial charge in [0.2, 0.25) is 5.91 Å². The van der Waals surface area contributed by atoms with Gasteiger partial charge in [0.25, 0.3) is 5.56 Å². The van der Waals surface area contributed by atoms with Crippen LogP contribution in [0.3, 0.4) is 0 Å². The highest BCUT2D eigenvalue weighted by atomic mass is 32.2. The first-order valence-corrected chi connectivity index (χ1v) is 6.88. The summed E-state index contributed by atoms with van der Waals surface area (Å²) >= 11 is 1.21. The number of thioether (sulfide) groups is 1. The molecule has 1 aromatic carbocycles. The lowest BCUT2D eigenvalue weighted by Gasteiger charge is -2.13. The van der Waals surface area contributed by atoms with Gasteiger partial charge < -0.3 is 5.73 Å². The zero-order chi connectivity index (χ0) is 14.0. The number of carbonyl (C=O) groups is 1. The number of hydrogen-bond acceptors (Lipinski definition) is 4. The monoisotopic (exact) mass is 277 g/mol. The number of nitrogens with zero attached hydrogens (tertiary/aromatic N) is 2. The lowest BCUT2D eigenvalue weighted by Crippen LogP contribution is -2.26. The fourth-order valence-corrected chi connectivity index (χ4v) is 2.66. The minimum Gasteiger partial charge on any atom is -0.369 e. The first-order valence-electron chi connectivity index (χ1n) is 6.00. The van der Waals surface area contributed by atoms with Gasteiger partial charge >= 0.3 is 0 Å². The largest absolute Gasteiger partial charge is 0.369 e. The Morgan fingerprint density at radius 2 is 2.16 bits per heavy atom. The number of hydrogen-bond donors (Lipinski definition) is 1. The third-order valence-electron chi connectivity index (χ3n) is 2.83. The first kappa shape index (κ1) is 13.6. The molecule has 100 valence electrons. The first-order chi connectivity index (χ1) is 9.04. The van der Waals surface area contributed by atoms with Gasteiger partial charge in [0, 0.05) is 6.54 Å². The molecule has 1 heterocycles. The highest BCUT2D eigenvalue weighted by Gasteiger charge is 2.16. The third kappa shape index (κ3) is 2.63. The fourth-order valence-electron chi connectivity index (χ4n) is 1.73. The van der Waals surface area contributed by atoms with Crippen molar-refractivity contribution in [3.05, 3.63) is 34.6 Å². The molecule has 2 aromatic rings. The second-order valence-electron chi connectivity index (χ2n) is 4.12. The summed E-state index contributed by atoms with van der Waals surface area (Å²) in [6.07, 6.45) is 0. The number of nitrogens with two attached hydrogens (primary N) is 1. The van der Waals surface area contributed by atoms with E-state index in [1.54, 1.807) is 23.6 Å². The highest BCUT2D eigenvalue weighted by molar-refractivity contribution is 8.00. The van der Waals surface area contributed by atoms with Crippen LogP contribution < -0.4 is 11.3 Å². The van der Waals surface area contributed by atoms with E-state index in [4.69, 9.17) is 5.73 Å². The molecular weight excluding hydrogens is 262 g/mol. The lowest BCUT2D eigenvalue weighted by atomic mass is 10.2. The van der Waals surface area contributed by atoms with Gasteiger partial charge in [0.15, 0.2) is 5.16 Å². The molecule has 6 heteroatoms. The Bertz CT molecular complexity index is 681. The predicted octanol–water partition coefficient (Wildman–Crippen LogP) is 1.38. The fraction of sp³-hybridized carbons (Fsp3) is 0.308. The van der Waals surface area contributed by atoms with Crippen LogP contribution in [-0.4, -0.2) is 20.7 Å². The topological polar surface area (TPSA) is 78.0 Å². The van der Waals surface area contributed by atoms with Gasteiger partial charge in [0.05, 0.1) is 16.2 Å². The zero-order valence-electron chi connectivity index (χ0n) is 10.8. The molecule has 1 atom stereocenters. The number of carbonyl (C=O) groups excluding carboxylic acids is 1. The quantitative estimate of drug-likeness (QED) is 0.676. The average Bonchev–Trinajstić information content (AvgIpc) is 2.39. The van der Waals surface area contributed by atoms with E-state index in [0.717, 1.165) is 0 Å². The van der Waals surface area contributed by atoms with E-state index in [-0.39, 0.29) is 5.56 Å². The molecule has 0 aliphatic carbocycles. The molecule has 0 saturated heterocycles. The van der Waals surface area contributed by atoms with Crippen LogP contribution in [0.25, 0.3) is 10.9 Å². The van der Waals surface area contributed by atoms with Crippen LogP contribution in [0.5, 0.6) is 0 Å². The van der Waals surface area contributed by atoms with Gasteiger partial charge in [-0.3, -0.25) is 14.2 Å². The van der Waals surface area contributed by atoms with E-state index in [9.17, 15) is 9.59 Å². The van der Waals surface area contributed by atoms with E-state index < -0.39 is 11.2 Å². The van der Waals surface area contributed by atoms with Crippen LogP contribution in [0.15, 0.2) is 34.2 Å². The number of para-hydroxylation sites is 1. The van der Waals surface area contributed by atoms with E-state index in [0.29, 0.717) is 22.6 Å². The number of fused-ring (bicyclic) bond motifs is 1.